The van der Waals surface area contributed by atoms with E-state index in [2.05, 4.69) is 45.3 Å². The molecule has 7 nitrogen and oxygen atoms in total. The Bertz CT molecular complexity index is 807. The largest absolute Gasteiger partial charge is 0.370 e. The number of aryl methyl sites for hydroxylation is 1. The van der Waals surface area contributed by atoms with Gasteiger partial charge in [-0.3, -0.25) is 9.59 Å². The van der Waals surface area contributed by atoms with Gasteiger partial charge >= 0.3 is 0 Å². The van der Waals surface area contributed by atoms with Crippen molar-refractivity contribution >= 4 is 39.5 Å². The molecule has 1 unspecified atom stereocenters. The summed E-state index contributed by atoms with van der Waals surface area (Å²) in [6, 6.07) is 7.78. The molecule has 2 aromatic rings. The minimum atomic E-state index is -0.366. The molecule has 0 saturated carbocycles. The Morgan fingerprint density at radius 2 is 1.89 bits per heavy atom. The van der Waals surface area contributed by atoms with Crippen LogP contribution in [0, 0.1) is 5.92 Å². The fourth-order valence-corrected chi connectivity index (χ4v) is 3.68. The highest BCUT2D eigenvalue weighted by atomic mass is 79.9. The van der Waals surface area contributed by atoms with Gasteiger partial charge in [0.2, 0.25) is 11.8 Å². The highest BCUT2D eigenvalue weighted by Gasteiger charge is 2.17. The first-order valence-corrected chi connectivity index (χ1v) is 10.9. The lowest BCUT2D eigenvalue weighted by Crippen LogP contribution is -2.28. The predicted molar refractivity (Wildman–Crippen MR) is 114 cm³/mol. The third-order valence-corrected chi connectivity index (χ3v) is 5.51. The van der Waals surface area contributed by atoms with E-state index in [1.807, 2.05) is 35.8 Å². The molecular weight excluding hydrogens is 442 g/mol. The SMILES string of the molecule is CC(C)Cn1c(CCC(N)=O)nnc1SCC(=O)NC(C)c1ccc(Br)cc1. The number of thioether (sulfide) groups is 1. The predicted octanol–water partition coefficient (Wildman–Crippen LogP) is 3.08. The molecular formula is C19H26BrN5O2S. The van der Waals surface area contributed by atoms with Crippen molar-refractivity contribution in [2.45, 2.75) is 51.4 Å². The maximum Gasteiger partial charge on any atom is 0.230 e. The highest BCUT2D eigenvalue weighted by Crippen LogP contribution is 2.21. The lowest BCUT2D eigenvalue weighted by Gasteiger charge is -2.15. The molecule has 0 aliphatic rings. The topological polar surface area (TPSA) is 103 Å². The fraction of sp³-hybridized carbons (Fsp3) is 0.474. The average molecular weight is 468 g/mol. The van der Waals surface area contributed by atoms with Gasteiger partial charge < -0.3 is 15.6 Å². The molecule has 0 radical (unpaired) electrons. The van der Waals surface area contributed by atoms with E-state index in [1.165, 1.54) is 11.8 Å². The number of hydrogen-bond donors (Lipinski definition) is 2. The Labute approximate surface area is 178 Å². The number of aromatic nitrogens is 3. The van der Waals surface area contributed by atoms with Crippen LogP contribution in [0.25, 0.3) is 0 Å². The van der Waals surface area contributed by atoms with Crippen LogP contribution in [0.1, 0.15) is 44.6 Å². The summed E-state index contributed by atoms with van der Waals surface area (Å²) in [5.74, 6) is 0.910. The molecule has 28 heavy (non-hydrogen) atoms. The zero-order chi connectivity index (χ0) is 20.7. The second-order valence-electron chi connectivity index (χ2n) is 7.00. The average Bonchev–Trinajstić information content (AvgIpc) is 2.99. The molecule has 0 aliphatic heterocycles. The van der Waals surface area contributed by atoms with Crippen molar-refractivity contribution in [3.63, 3.8) is 0 Å². The van der Waals surface area contributed by atoms with E-state index in [1.54, 1.807) is 0 Å². The molecule has 3 N–H and O–H groups in total. The third-order valence-electron chi connectivity index (χ3n) is 4.02. The van der Waals surface area contributed by atoms with Gasteiger partial charge in [-0.1, -0.05) is 53.7 Å². The van der Waals surface area contributed by atoms with Crippen molar-refractivity contribution in [1.29, 1.82) is 0 Å². The zero-order valence-corrected chi connectivity index (χ0v) is 18.7. The van der Waals surface area contributed by atoms with Gasteiger partial charge in [-0.25, -0.2) is 0 Å². The van der Waals surface area contributed by atoms with Gasteiger partial charge in [0.1, 0.15) is 5.82 Å². The molecule has 0 aliphatic carbocycles. The number of nitrogens with two attached hydrogens (primary N) is 1. The fourth-order valence-electron chi connectivity index (χ4n) is 2.64. The summed E-state index contributed by atoms with van der Waals surface area (Å²) in [5.41, 5.74) is 6.28. The molecule has 2 amide bonds. The maximum absolute atomic E-state index is 12.4. The van der Waals surface area contributed by atoms with Crippen molar-refractivity contribution in [3.05, 3.63) is 40.1 Å². The van der Waals surface area contributed by atoms with Gasteiger partial charge in [-0.2, -0.15) is 0 Å². The minimum Gasteiger partial charge on any atom is -0.370 e. The van der Waals surface area contributed by atoms with Crippen LogP contribution >= 0.6 is 27.7 Å². The molecule has 1 heterocycles. The van der Waals surface area contributed by atoms with E-state index in [4.69, 9.17) is 5.73 Å². The summed E-state index contributed by atoms with van der Waals surface area (Å²) >= 11 is 4.75. The first-order chi connectivity index (χ1) is 13.3. The summed E-state index contributed by atoms with van der Waals surface area (Å²) < 4.78 is 2.98. The van der Waals surface area contributed by atoms with E-state index in [-0.39, 0.29) is 30.0 Å². The van der Waals surface area contributed by atoms with Gasteiger partial charge in [0.25, 0.3) is 0 Å². The molecule has 1 atom stereocenters. The highest BCUT2D eigenvalue weighted by molar-refractivity contribution is 9.10. The van der Waals surface area contributed by atoms with Crippen molar-refractivity contribution in [3.8, 4) is 0 Å². The zero-order valence-electron chi connectivity index (χ0n) is 16.3. The second-order valence-corrected chi connectivity index (χ2v) is 8.86. The second kappa shape index (κ2) is 10.6. The summed E-state index contributed by atoms with van der Waals surface area (Å²) in [5, 5.41) is 12.1. The minimum absolute atomic E-state index is 0.0711. The molecule has 2 rings (SSSR count). The Morgan fingerprint density at radius 3 is 2.50 bits per heavy atom. The van der Waals surface area contributed by atoms with E-state index < -0.39 is 0 Å². The number of hydrogen-bond acceptors (Lipinski definition) is 5. The smallest absolute Gasteiger partial charge is 0.230 e. The molecule has 1 aromatic heterocycles. The molecule has 0 bridgehead atoms. The molecule has 9 heteroatoms. The number of nitrogens with one attached hydrogen (secondary N) is 1. The maximum atomic E-state index is 12.4. The van der Waals surface area contributed by atoms with Crippen LogP contribution in [0.3, 0.4) is 0 Å². The van der Waals surface area contributed by atoms with Gasteiger partial charge in [-0.05, 0) is 30.5 Å². The Morgan fingerprint density at radius 1 is 1.21 bits per heavy atom. The van der Waals surface area contributed by atoms with Crippen molar-refractivity contribution in [2.24, 2.45) is 11.7 Å². The number of benzene rings is 1. The number of nitrogens with zero attached hydrogens (tertiary/aromatic N) is 3. The van der Waals surface area contributed by atoms with Crippen LogP contribution in [0.15, 0.2) is 33.9 Å². The summed E-state index contributed by atoms with van der Waals surface area (Å²) in [7, 11) is 0. The van der Waals surface area contributed by atoms with Crippen molar-refractivity contribution in [2.75, 3.05) is 5.75 Å². The number of primary amides is 1. The first-order valence-electron chi connectivity index (χ1n) is 9.14. The lowest BCUT2D eigenvalue weighted by molar-refractivity contribution is -0.119. The van der Waals surface area contributed by atoms with Crippen LogP contribution < -0.4 is 11.1 Å². The standard InChI is InChI=1S/C19H26BrN5O2S/c1-12(2)10-25-17(9-8-16(21)26)23-24-19(25)28-11-18(27)22-13(3)14-4-6-15(20)7-5-14/h4-7,12-13H,8-11H2,1-3H3,(H2,21,26)(H,22,27). The molecule has 1 aromatic carbocycles. The number of amides is 2. The van der Waals surface area contributed by atoms with Gasteiger partial charge in [0.05, 0.1) is 11.8 Å². The van der Waals surface area contributed by atoms with Crippen LogP contribution in [0.5, 0.6) is 0 Å². The van der Waals surface area contributed by atoms with Crippen LogP contribution in [0.4, 0.5) is 0 Å². The molecule has 0 spiro atoms. The summed E-state index contributed by atoms with van der Waals surface area (Å²) in [6.45, 7) is 6.87. The normalized spacial score (nSPS) is 12.2. The van der Waals surface area contributed by atoms with Crippen LogP contribution in [-0.4, -0.2) is 32.3 Å². The Balaban J connectivity index is 1.97. The molecule has 0 fully saturated rings. The van der Waals surface area contributed by atoms with Crippen molar-refractivity contribution < 1.29 is 9.59 Å². The summed E-state index contributed by atoms with van der Waals surface area (Å²) in [4.78, 5) is 23.4. The van der Waals surface area contributed by atoms with E-state index in [9.17, 15) is 9.59 Å². The van der Waals surface area contributed by atoms with Gasteiger partial charge in [0.15, 0.2) is 5.16 Å². The van der Waals surface area contributed by atoms with E-state index in [0.29, 0.717) is 17.5 Å². The van der Waals surface area contributed by atoms with Crippen LogP contribution in [0.2, 0.25) is 0 Å². The lowest BCUT2D eigenvalue weighted by atomic mass is 10.1. The molecule has 152 valence electrons. The number of carbonyl (C=O) groups is 2. The quantitative estimate of drug-likeness (QED) is 0.522. The van der Waals surface area contributed by atoms with Gasteiger partial charge in [-0.15, -0.1) is 10.2 Å². The van der Waals surface area contributed by atoms with E-state index in [0.717, 1.165) is 22.4 Å². The number of carbonyl (C=O) groups excluding carboxylic acids is 2. The third kappa shape index (κ3) is 6.94. The summed E-state index contributed by atoms with van der Waals surface area (Å²) in [6.07, 6.45) is 0.675. The monoisotopic (exact) mass is 467 g/mol. The van der Waals surface area contributed by atoms with Crippen molar-refractivity contribution in [1.82, 2.24) is 20.1 Å². The van der Waals surface area contributed by atoms with E-state index >= 15 is 0 Å². The Kier molecular flexibility index (Phi) is 8.50. The number of rotatable bonds is 10. The number of halogens is 1. The first kappa shape index (κ1) is 22.4. The van der Waals surface area contributed by atoms with Crippen LogP contribution in [-0.2, 0) is 22.6 Å². The molecule has 0 saturated heterocycles. The van der Waals surface area contributed by atoms with Gasteiger partial charge in [0, 0.05) is 23.9 Å². The Hall–Kier alpha value is -1.87.